The lowest BCUT2D eigenvalue weighted by atomic mass is 9.99. The van der Waals surface area contributed by atoms with Crippen molar-refractivity contribution in [3.05, 3.63) is 47.7 Å². The maximum atomic E-state index is 12.8. The number of rotatable bonds is 6. The van der Waals surface area contributed by atoms with Crippen LogP contribution in [0.5, 0.6) is 0 Å². The number of fused-ring (bicyclic) bond motifs is 1. The Bertz CT molecular complexity index is 910. The molecule has 2 aromatic rings. The highest BCUT2D eigenvalue weighted by Gasteiger charge is 2.29. The predicted octanol–water partition coefficient (Wildman–Crippen LogP) is 2.67. The van der Waals surface area contributed by atoms with Gasteiger partial charge in [0.05, 0.1) is 24.4 Å². The van der Waals surface area contributed by atoms with E-state index in [1.165, 1.54) is 6.20 Å². The molecular formula is C22H26N4O4. The standard InChI is InChI=1S/C22H26N4O4/c1-29-14-16-2-4-18(5-3-16)25-22(28)17-10-19-21(23-11-17)24-12-20(27)26(19)13-15-6-8-30-9-7-15/h2-5,10-11,15H,6-9,12-14H2,1H3,(H,23,24)(H,25,28). The molecule has 1 aromatic heterocycles. The van der Waals surface area contributed by atoms with Crippen molar-refractivity contribution >= 4 is 29.0 Å². The van der Waals surface area contributed by atoms with Gasteiger partial charge in [0.2, 0.25) is 5.91 Å². The Morgan fingerprint density at radius 3 is 2.80 bits per heavy atom. The Morgan fingerprint density at radius 1 is 1.30 bits per heavy atom. The summed E-state index contributed by atoms with van der Waals surface area (Å²) in [6.07, 6.45) is 3.39. The molecule has 1 aromatic carbocycles. The average molecular weight is 410 g/mol. The number of benzene rings is 1. The van der Waals surface area contributed by atoms with Crippen LogP contribution in [0.2, 0.25) is 0 Å². The van der Waals surface area contributed by atoms with Crippen LogP contribution in [0.1, 0.15) is 28.8 Å². The lowest BCUT2D eigenvalue weighted by molar-refractivity contribution is -0.117. The van der Waals surface area contributed by atoms with Crippen molar-refractivity contribution in [2.75, 3.05) is 48.9 Å². The Kier molecular flexibility index (Phi) is 6.25. The molecule has 2 N–H and O–H groups in total. The SMILES string of the molecule is COCc1ccc(NC(=O)c2cnc3c(c2)N(CC2CCOCC2)C(=O)CN3)cc1. The van der Waals surface area contributed by atoms with E-state index in [1.807, 2.05) is 24.3 Å². The van der Waals surface area contributed by atoms with Crippen LogP contribution in [0, 0.1) is 5.92 Å². The summed E-state index contributed by atoms with van der Waals surface area (Å²) in [7, 11) is 1.64. The van der Waals surface area contributed by atoms with Crippen LogP contribution < -0.4 is 15.5 Å². The second-order valence-corrected chi connectivity index (χ2v) is 7.59. The van der Waals surface area contributed by atoms with Gasteiger partial charge in [0.15, 0.2) is 0 Å². The largest absolute Gasteiger partial charge is 0.381 e. The zero-order valence-electron chi connectivity index (χ0n) is 17.0. The molecule has 0 radical (unpaired) electrons. The van der Waals surface area contributed by atoms with Crippen LogP contribution in [-0.4, -0.2) is 50.2 Å². The molecular weight excluding hydrogens is 384 g/mol. The zero-order chi connectivity index (χ0) is 20.9. The van der Waals surface area contributed by atoms with Gasteiger partial charge < -0.3 is 25.0 Å². The molecule has 30 heavy (non-hydrogen) atoms. The van der Waals surface area contributed by atoms with Crippen molar-refractivity contribution in [1.82, 2.24) is 4.98 Å². The molecule has 0 saturated carbocycles. The molecule has 1 fully saturated rings. The minimum Gasteiger partial charge on any atom is -0.381 e. The van der Waals surface area contributed by atoms with Gasteiger partial charge in [-0.05, 0) is 42.5 Å². The van der Waals surface area contributed by atoms with Crippen molar-refractivity contribution in [2.45, 2.75) is 19.4 Å². The van der Waals surface area contributed by atoms with Crippen molar-refractivity contribution < 1.29 is 19.1 Å². The average Bonchev–Trinajstić information content (AvgIpc) is 2.77. The lowest BCUT2D eigenvalue weighted by Gasteiger charge is -2.33. The molecule has 1 saturated heterocycles. The number of pyridine rings is 1. The molecule has 0 bridgehead atoms. The number of hydrogen-bond acceptors (Lipinski definition) is 6. The first-order valence-electron chi connectivity index (χ1n) is 10.2. The number of ether oxygens (including phenoxy) is 2. The number of amides is 2. The van der Waals surface area contributed by atoms with Crippen LogP contribution in [-0.2, 0) is 20.9 Å². The normalized spacial score (nSPS) is 16.7. The molecule has 0 spiro atoms. The van der Waals surface area contributed by atoms with E-state index in [4.69, 9.17) is 9.47 Å². The molecule has 158 valence electrons. The van der Waals surface area contributed by atoms with E-state index in [1.54, 1.807) is 18.1 Å². The second kappa shape index (κ2) is 9.23. The Hall–Kier alpha value is -2.97. The van der Waals surface area contributed by atoms with Gasteiger partial charge in [-0.3, -0.25) is 9.59 Å². The zero-order valence-corrected chi connectivity index (χ0v) is 17.0. The van der Waals surface area contributed by atoms with Gasteiger partial charge in [-0.15, -0.1) is 0 Å². The number of methoxy groups -OCH3 is 1. The molecule has 8 heteroatoms. The summed E-state index contributed by atoms with van der Waals surface area (Å²) in [5.74, 6) is 0.731. The van der Waals surface area contributed by atoms with Crippen LogP contribution in [0.4, 0.5) is 17.2 Å². The van der Waals surface area contributed by atoms with E-state index in [0.717, 1.165) is 31.6 Å². The van der Waals surface area contributed by atoms with Crippen molar-refractivity contribution in [2.24, 2.45) is 5.92 Å². The van der Waals surface area contributed by atoms with Crippen LogP contribution in [0.3, 0.4) is 0 Å². The highest BCUT2D eigenvalue weighted by Crippen LogP contribution is 2.31. The lowest BCUT2D eigenvalue weighted by Crippen LogP contribution is -2.44. The number of carbonyl (C=O) groups excluding carboxylic acids is 2. The van der Waals surface area contributed by atoms with E-state index in [0.29, 0.717) is 41.8 Å². The molecule has 0 aliphatic carbocycles. The topological polar surface area (TPSA) is 92.8 Å². The first kappa shape index (κ1) is 20.3. The summed E-state index contributed by atoms with van der Waals surface area (Å²) in [6, 6.07) is 9.21. The molecule has 0 atom stereocenters. The van der Waals surface area contributed by atoms with Crippen LogP contribution in [0.25, 0.3) is 0 Å². The number of aromatic nitrogens is 1. The van der Waals surface area contributed by atoms with E-state index < -0.39 is 0 Å². The fraction of sp³-hybridized carbons (Fsp3) is 0.409. The molecule has 2 aliphatic heterocycles. The van der Waals surface area contributed by atoms with Crippen molar-refractivity contribution in [3.8, 4) is 0 Å². The number of nitrogens with one attached hydrogen (secondary N) is 2. The Labute approximate surface area is 175 Å². The van der Waals surface area contributed by atoms with E-state index in [-0.39, 0.29) is 18.4 Å². The molecule has 8 nitrogen and oxygen atoms in total. The van der Waals surface area contributed by atoms with Gasteiger partial charge in [0.25, 0.3) is 5.91 Å². The second-order valence-electron chi connectivity index (χ2n) is 7.59. The van der Waals surface area contributed by atoms with E-state index in [2.05, 4.69) is 15.6 Å². The van der Waals surface area contributed by atoms with Gasteiger partial charge in [-0.25, -0.2) is 4.98 Å². The smallest absolute Gasteiger partial charge is 0.257 e. The Balaban J connectivity index is 1.51. The van der Waals surface area contributed by atoms with Crippen LogP contribution in [0.15, 0.2) is 36.5 Å². The molecule has 4 rings (SSSR count). The summed E-state index contributed by atoms with van der Waals surface area (Å²) in [4.78, 5) is 31.5. The summed E-state index contributed by atoms with van der Waals surface area (Å²) in [5, 5.41) is 5.92. The van der Waals surface area contributed by atoms with Gasteiger partial charge in [-0.2, -0.15) is 0 Å². The minimum absolute atomic E-state index is 0.0120. The third kappa shape index (κ3) is 4.60. The first-order valence-corrected chi connectivity index (χ1v) is 10.2. The molecule has 2 aliphatic rings. The molecule has 0 unspecified atom stereocenters. The summed E-state index contributed by atoms with van der Waals surface area (Å²) in [5.41, 5.74) is 2.77. The minimum atomic E-state index is -0.270. The number of nitrogens with zero attached hydrogens (tertiary/aromatic N) is 2. The van der Waals surface area contributed by atoms with Crippen molar-refractivity contribution in [3.63, 3.8) is 0 Å². The first-order chi connectivity index (χ1) is 14.6. The third-order valence-electron chi connectivity index (χ3n) is 5.43. The van der Waals surface area contributed by atoms with Gasteiger partial charge in [-0.1, -0.05) is 12.1 Å². The quantitative estimate of drug-likeness (QED) is 0.761. The Morgan fingerprint density at radius 2 is 2.07 bits per heavy atom. The maximum absolute atomic E-state index is 12.8. The monoisotopic (exact) mass is 410 g/mol. The van der Waals surface area contributed by atoms with Gasteiger partial charge in [0, 0.05) is 38.8 Å². The number of hydrogen-bond donors (Lipinski definition) is 2. The number of anilines is 3. The van der Waals surface area contributed by atoms with Crippen LogP contribution >= 0.6 is 0 Å². The highest BCUT2D eigenvalue weighted by molar-refractivity contribution is 6.07. The summed E-state index contributed by atoms with van der Waals surface area (Å²) in [6.45, 7) is 2.80. The van der Waals surface area contributed by atoms with Crippen molar-refractivity contribution in [1.29, 1.82) is 0 Å². The summed E-state index contributed by atoms with van der Waals surface area (Å²) >= 11 is 0. The maximum Gasteiger partial charge on any atom is 0.257 e. The summed E-state index contributed by atoms with van der Waals surface area (Å²) < 4.78 is 10.5. The number of carbonyl (C=O) groups is 2. The molecule has 2 amide bonds. The van der Waals surface area contributed by atoms with Gasteiger partial charge >= 0.3 is 0 Å². The molecule has 3 heterocycles. The van der Waals surface area contributed by atoms with E-state index in [9.17, 15) is 9.59 Å². The fourth-order valence-corrected chi connectivity index (χ4v) is 3.75. The highest BCUT2D eigenvalue weighted by atomic mass is 16.5. The predicted molar refractivity (Wildman–Crippen MR) is 114 cm³/mol. The van der Waals surface area contributed by atoms with Gasteiger partial charge in [0.1, 0.15) is 5.82 Å². The third-order valence-corrected chi connectivity index (χ3v) is 5.43. The van der Waals surface area contributed by atoms with E-state index >= 15 is 0 Å². The fourth-order valence-electron chi connectivity index (χ4n) is 3.75.